The first-order chi connectivity index (χ1) is 7.26. The molecule has 0 atom stereocenters. The van der Waals surface area contributed by atoms with Crippen LogP contribution in [0.1, 0.15) is 18.1 Å². The largest absolute Gasteiger partial charge is 0.496 e. The Balaban J connectivity index is 3.19. The molecule has 0 heterocycles. The Hall–Kier alpha value is -1.22. The van der Waals surface area contributed by atoms with Crippen molar-refractivity contribution in [3.63, 3.8) is 0 Å². The molecule has 1 aromatic carbocycles. The molecule has 3 heteroatoms. The number of hydrogen-bond acceptors (Lipinski definition) is 3. The summed E-state index contributed by atoms with van der Waals surface area (Å²) in [6.07, 6.45) is 0.958. The van der Waals surface area contributed by atoms with Crippen molar-refractivity contribution in [2.75, 3.05) is 21.3 Å². The Bertz CT molecular complexity index is 296. The van der Waals surface area contributed by atoms with Gasteiger partial charge in [-0.15, -0.1) is 0 Å². The van der Waals surface area contributed by atoms with Crippen molar-refractivity contribution in [2.45, 2.75) is 20.0 Å². The van der Waals surface area contributed by atoms with E-state index in [0.717, 1.165) is 23.5 Å². The zero-order valence-corrected chi connectivity index (χ0v) is 9.79. The van der Waals surface area contributed by atoms with E-state index in [1.54, 1.807) is 21.3 Å². The first-order valence-corrected chi connectivity index (χ1v) is 4.99. The summed E-state index contributed by atoms with van der Waals surface area (Å²) in [4.78, 5) is 0. The van der Waals surface area contributed by atoms with Crippen LogP contribution in [0.15, 0.2) is 12.1 Å². The molecule has 0 amide bonds. The van der Waals surface area contributed by atoms with Crippen molar-refractivity contribution in [3.05, 3.63) is 23.3 Å². The Morgan fingerprint density at radius 2 is 1.53 bits per heavy atom. The van der Waals surface area contributed by atoms with Gasteiger partial charge in [0.15, 0.2) is 0 Å². The van der Waals surface area contributed by atoms with Crippen LogP contribution < -0.4 is 9.47 Å². The molecule has 0 aliphatic carbocycles. The summed E-state index contributed by atoms with van der Waals surface area (Å²) in [5, 5.41) is 0. The van der Waals surface area contributed by atoms with Crippen LogP contribution in [0.2, 0.25) is 0 Å². The van der Waals surface area contributed by atoms with Crippen molar-refractivity contribution in [2.24, 2.45) is 0 Å². The summed E-state index contributed by atoms with van der Waals surface area (Å²) < 4.78 is 15.8. The normalized spacial score (nSPS) is 10.1. The highest BCUT2D eigenvalue weighted by Crippen LogP contribution is 2.31. The summed E-state index contributed by atoms with van der Waals surface area (Å²) in [5.41, 5.74) is 2.16. The molecule has 1 rings (SSSR count). The topological polar surface area (TPSA) is 27.7 Å². The quantitative estimate of drug-likeness (QED) is 0.747. The van der Waals surface area contributed by atoms with Crippen molar-refractivity contribution < 1.29 is 14.2 Å². The van der Waals surface area contributed by atoms with Gasteiger partial charge in [-0.1, -0.05) is 6.92 Å². The van der Waals surface area contributed by atoms with E-state index in [-0.39, 0.29) is 0 Å². The molecule has 15 heavy (non-hydrogen) atoms. The monoisotopic (exact) mass is 210 g/mol. The molecule has 0 bridgehead atoms. The predicted molar refractivity (Wildman–Crippen MR) is 59.6 cm³/mol. The third kappa shape index (κ3) is 2.63. The van der Waals surface area contributed by atoms with Crippen molar-refractivity contribution >= 4 is 0 Å². The van der Waals surface area contributed by atoms with E-state index in [0.29, 0.717) is 6.61 Å². The minimum absolute atomic E-state index is 0.496. The summed E-state index contributed by atoms with van der Waals surface area (Å²) >= 11 is 0. The average Bonchev–Trinajstić information content (AvgIpc) is 2.29. The minimum atomic E-state index is 0.496. The van der Waals surface area contributed by atoms with Crippen molar-refractivity contribution in [3.8, 4) is 11.5 Å². The molecule has 0 N–H and O–H groups in total. The lowest BCUT2D eigenvalue weighted by Gasteiger charge is -2.14. The van der Waals surface area contributed by atoms with Gasteiger partial charge in [-0.2, -0.15) is 0 Å². The highest BCUT2D eigenvalue weighted by atomic mass is 16.5. The predicted octanol–water partition coefficient (Wildman–Crippen LogP) is 2.41. The van der Waals surface area contributed by atoms with Gasteiger partial charge in [0, 0.05) is 7.11 Å². The highest BCUT2D eigenvalue weighted by Gasteiger charge is 2.11. The van der Waals surface area contributed by atoms with Crippen LogP contribution in [-0.4, -0.2) is 21.3 Å². The molecule has 0 unspecified atom stereocenters. The van der Waals surface area contributed by atoms with Crippen LogP contribution in [-0.2, 0) is 17.8 Å². The maximum absolute atomic E-state index is 5.32. The fourth-order valence-corrected chi connectivity index (χ4v) is 1.53. The summed E-state index contributed by atoms with van der Waals surface area (Å²) in [5.74, 6) is 1.65. The fraction of sp³-hybridized carbons (Fsp3) is 0.500. The standard InChI is InChI=1S/C12H18O3/c1-5-9-6-11(14-3)10(8-13-2)12(7-9)15-4/h6-7H,5,8H2,1-4H3. The zero-order valence-electron chi connectivity index (χ0n) is 9.79. The van der Waals surface area contributed by atoms with Crippen LogP contribution in [0.4, 0.5) is 0 Å². The van der Waals surface area contributed by atoms with Crippen LogP contribution in [0.3, 0.4) is 0 Å². The molecule has 0 spiro atoms. The SMILES string of the molecule is CCc1cc(OC)c(COC)c(OC)c1. The molecular weight excluding hydrogens is 192 g/mol. The van der Waals surface area contributed by atoms with Crippen molar-refractivity contribution in [1.29, 1.82) is 0 Å². The van der Waals surface area contributed by atoms with Gasteiger partial charge in [0.05, 0.1) is 26.4 Å². The lowest BCUT2D eigenvalue weighted by molar-refractivity contribution is 0.178. The van der Waals surface area contributed by atoms with E-state index in [9.17, 15) is 0 Å². The number of methoxy groups -OCH3 is 3. The van der Waals surface area contributed by atoms with Gasteiger partial charge in [0.2, 0.25) is 0 Å². The van der Waals surface area contributed by atoms with Gasteiger partial charge in [-0.3, -0.25) is 0 Å². The molecule has 0 saturated carbocycles. The van der Waals surface area contributed by atoms with E-state index in [1.165, 1.54) is 5.56 Å². The average molecular weight is 210 g/mol. The third-order valence-corrected chi connectivity index (χ3v) is 2.36. The molecule has 0 aliphatic heterocycles. The molecule has 0 fully saturated rings. The summed E-state index contributed by atoms with van der Waals surface area (Å²) in [6.45, 7) is 2.60. The zero-order chi connectivity index (χ0) is 11.3. The Kier molecular flexibility index (Phi) is 4.43. The summed E-state index contributed by atoms with van der Waals surface area (Å²) in [7, 11) is 4.98. The van der Waals surface area contributed by atoms with Crippen LogP contribution in [0, 0.1) is 0 Å². The molecule has 1 aromatic rings. The molecule has 0 saturated heterocycles. The van der Waals surface area contributed by atoms with Crippen LogP contribution in [0.5, 0.6) is 11.5 Å². The minimum Gasteiger partial charge on any atom is -0.496 e. The molecule has 0 aliphatic rings. The van der Waals surface area contributed by atoms with E-state index >= 15 is 0 Å². The second-order valence-corrected chi connectivity index (χ2v) is 3.27. The first kappa shape index (κ1) is 11.9. The van der Waals surface area contributed by atoms with Gasteiger partial charge < -0.3 is 14.2 Å². The van der Waals surface area contributed by atoms with Crippen LogP contribution in [0.25, 0.3) is 0 Å². The molecule has 0 aromatic heterocycles. The van der Waals surface area contributed by atoms with Gasteiger partial charge in [-0.05, 0) is 24.1 Å². The second kappa shape index (κ2) is 5.61. The number of benzene rings is 1. The molecule has 0 radical (unpaired) electrons. The van der Waals surface area contributed by atoms with E-state index in [2.05, 4.69) is 6.92 Å². The van der Waals surface area contributed by atoms with Gasteiger partial charge in [-0.25, -0.2) is 0 Å². The van der Waals surface area contributed by atoms with Gasteiger partial charge in [0.1, 0.15) is 11.5 Å². The maximum Gasteiger partial charge on any atom is 0.128 e. The molecule has 3 nitrogen and oxygen atoms in total. The Morgan fingerprint density at radius 3 is 1.87 bits per heavy atom. The van der Waals surface area contributed by atoms with Crippen molar-refractivity contribution in [1.82, 2.24) is 0 Å². The number of ether oxygens (including phenoxy) is 3. The third-order valence-electron chi connectivity index (χ3n) is 2.36. The highest BCUT2D eigenvalue weighted by molar-refractivity contribution is 5.47. The lowest BCUT2D eigenvalue weighted by Crippen LogP contribution is -1.99. The Morgan fingerprint density at radius 1 is 1.00 bits per heavy atom. The second-order valence-electron chi connectivity index (χ2n) is 3.27. The van der Waals surface area contributed by atoms with E-state index in [1.807, 2.05) is 12.1 Å². The number of rotatable bonds is 5. The smallest absolute Gasteiger partial charge is 0.128 e. The number of aryl methyl sites for hydroxylation is 1. The van der Waals surface area contributed by atoms with E-state index < -0.39 is 0 Å². The van der Waals surface area contributed by atoms with E-state index in [4.69, 9.17) is 14.2 Å². The lowest BCUT2D eigenvalue weighted by atomic mass is 10.1. The summed E-state index contributed by atoms with van der Waals surface area (Å²) in [6, 6.07) is 4.05. The Labute approximate surface area is 91.0 Å². The maximum atomic E-state index is 5.32. The van der Waals surface area contributed by atoms with Crippen LogP contribution >= 0.6 is 0 Å². The molecule has 84 valence electrons. The van der Waals surface area contributed by atoms with Gasteiger partial charge in [0.25, 0.3) is 0 Å². The van der Waals surface area contributed by atoms with Gasteiger partial charge >= 0.3 is 0 Å². The first-order valence-electron chi connectivity index (χ1n) is 4.99. The fourth-order valence-electron chi connectivity index (χ4n) is 1.53. The molecular formula is C12H18O3. The number of hydrogen-bond donors (Lipinski definition) is 0.